The number of carbonyl (C=O) groups is 1. The lowest BCUT2D eigenvalue weighted by Crippen LogP contribution is -2.02. The van der Waals surface area contributed by atoms with E-state index in [0.717, 1.165) is 12.2 Å². The summed E-state index contributed by atoms with van der Waals surface area (Å²) < 4.78 is 5.74. The molecule has 0 spiro atoms. The largest absolute Gasteiger partial charge is 0.493 e. The Bertz CT molecular complexity index is 398. The molecule has 0 unspecified atom stereocenters. The van der Waals surface area contributed by atoms with E-state index in [9.17, 15) is 4.79 Å². The third kappa shape index (κ3) is 7.89. The van der Waals surface area contributed by atoms with Crippen LogP contribution in [0.5, 0.6) is 5.75 Å². The number of carbonyl (C=O) groups excluding carboxylic acids is 1. The number of Topliss-reactive ketones (excluding diaryl/α,β-unsaturated/α-hetero) is 1. The first-order valence-electron chi connectivity index (χ1n) is 8.48. The molecule has 1 aromatic rings. The fraction of sp³-hybridized carbons (Fsp3) is 0.632. The van der Waals surface area contributed by atoms with Crippen molar-refractivity contribution in [3.63, 3.8) is 0 Å². The van der Waals surface area contributed by atoms with Crippen molar-refractivity contribution in [2.45, 2.75) is 71.6 Å². The highest BCUT2D eigenvalue weighted by Gasteiger charge is 2.06. The first kappa shape index (κ1) is 17.7. The Kier molecular flexibility index (Phi) is 9.60. The van der Waals surface area contributed by atoms with E-state index in [1.807, 2.05) is 24.3 Å². The predicted molar refractivity (Wildman–Crippen MR) is 89.2 cm³/mol. The van der Waals surface area contributed by atoms with E-state index in [-0.39, 0.29) is 5.78 Å². The molecule has 0 saturated heterocycles. The smallest absolute Gasteiger partial charge is 0.163 e. The summed E-state index contributed by atoms with van der Waals surface area (Å²) in [6.07, 6.45) is 11.8. The molecule has 0 aromatic heterocycles. The summed E-state index contributed by atoms with van der Waals surface area (Å²) in [5, 5.41) is 0. The van der Waals surface area contributed by atoms with E-state index >= 15 is 0 Å². The number of benzene rings is 1. The summed E-state index contributed by atoms with van der Waals surface area (Å²) in [6.45, 7) is 4.55. The van der Waals surface area contributed by atoms with Gasteiger partial charge in [0.1, 0.15) is 5.75 Å². The number of hydrogen-bond acceptors (Lipinski definition) is 2. The van der Waals surface area contributed by atoms with Gasteiger partial charge in [-0.1, -0.05) is 70.4 Å². The van der Waals surface area contributed by atoms with Crippen LogP contribution in [0.3, 0.4) is 0 Å². The van der Waals surface area contributed by atoms with Crippen molar-refractivity contribution in [3.05, 3.63) is 29.8 Å². The standard InChI is InChI=1S/C19H30O2/c1-3-4-5-6-7-8-9-10-13-16-21-19-15-12-11-14-18(19)17(2)20/h11-12,14-15H,3-10,13,16H2,1-2H3. The zero-order valence-corrected chi connectivity index (χ0v) is 13.7. The van der Waals surface area contributed by atoms with Gasteiger partial charge in [-0.3, -0.25) is 4.79 Å². The molecular weight excluding hydrogens is 260 g/mol. The summed E-state index contributed by atoms with van der Waals surface area (Å²) in [5.41, 5.74) is 0.688. The van der Waals surface area contributed by atoms with Crippen molar-refractivity contribution < 1.29 is 9.53 Å². The van der Waals surface area contributed by atoms with Gasteiger partial charge in [0.2, 0.25) is 0 Å². The molecule has 21 heavy (non-hydrogen) atoms. The molecule has 1 aromatic carbocycles. The zero-order chi connectivity index (χ0) is 15.3. The van der Waals surface area contributed by atoms with Crippen molar-refractivity contribution in [1.29, 1.82) is 0 Å². The average molecular weight is 290 g/mol. The van der Waals surface area contributed by atoms with Gasteiger partial charge in [-0.05, 0) is 25.5 Å². The van der Waals surface area contributed by atoms with Crippen LogP contribution < -0.4 is 4.74 Å². The highest BCUT2D eigenvalue weighted by Crippen LogP contribution is 2.19. The molecule has 0 heterocycles. The van der Waals surface area contributed by atoms with Gasteiger partial charge in [0, 0.05) is 0 Å². The van der Waals surface area contributed by atoms with Crippen molar-refractivity contribution in [2.75, 3.05) is 6.61 Å². The van der Waals surface area contributed by atoms with E-state index in [1.165, 1.54) is 51.4 Å². The number of ketones is 1. The van der Waals surface area contributed by atoms with Crippen molar-refractivity contribution in [1.82, 2.24) is 0 Å². The minimum atomic E-state index is 0.0673. The summed E-state index contributed by atoms with van der Waals surface area (Å²) >= 11 is 0. The van der Waals surface area contributed by atoms with Crippen LogP contribution in [0.15, 0.2) is 24.3 Å². The summed E-state index contributed by atoms with van der Waals surface area (Å²) in [6, 6.07) is 7.50. The molecule has 0 bridgehead atoms. The Balaban J connectivity index is 2.06. The normalized spacial score (nSPS) is 10.6. The lowest BCUT2D eigenvalue weighted by atomic mass is 10.1. The van der Waals surface area contributed by atoms with Crippen LogP contribution in [-0.2, 0) is 0 Å². The quantitative estimate of drug-likeness (QED) is 0.359. The second-order valence-electron chi connectivity index (χ2n) is 5.73. The average Bonchev–Trinajstić information content (AvgIpc) is 2.49. The molecule has 2 heteroatoms. The number of rotatable bonds is 12. The van der Waals surface area contributed by atoms with Gasteiger partial charge in [0.05, 0.1) is 12.2 Å². The maximum Gasteiger partial charge on any atom is 0.163 e. The first-order chi connectivity index (χ1) is 10.3. The minimum Gasteiger partial charge on any atom is -0.493 e. The Hall–Kier alpha value is -1.31. The molecule has 0 saturated carbocycles. The van der Waals surface area contributed by atoms with Gasteiger partial charge in [-0.25, -0.2) is 0 Å². The van der Waals surface area contributed by atoms with E-state index < -0.39 is 0 Å². The molecule has 0 aliphatic carbocycles. The van der Waals surface area contributed by atoms with E-state index in [0.29, 0.717) is 12.2 Å². The lowest BCUT2D eigenvalue weighted by Gasteiger charge is -2.09. The second kappa shape index (κ2) is 11.4. The maximum atomic E-state index is 11.5. The third-order valence-corrected chi connectivity index (χ3v) is 3.77. The van der Waals surface area contributed by atoms with E-state index in [4.69, 9.17) is 4.74 Å². The topological polar surface area (TPSA) is 26.3 Å². The number of para-hydroxylation sites is 1. The first-order valence-corrected chi connectivity index (χ1v) is 8.48. The lowest BCUT2D eigenvalue weighted by molar-refractivity contribution is 0.101. The monoisotopic (exact) mass is 290 g/mol. The van der Waals surface area contributed by atoms with Crippen LogP contribution >= 0.6 is 0 Å². The molecule has 2 nitrogen and oxygen atoms in total. The number of ether oxygens (including phenoxy) is 1. The van der Waals surface area contributed by atoms with Crippen LogP contribution in [0.25, 0.3) is 0 Å². The number of unbranched alkanes of at least 4 members (excludes halogenated alkanes) is 8. The Morgan fingerprint density at radius 1 is 0.905 bits per heavy atom. The molecule has 0 aliphatic rings. The van der Waals surface area contributed by atoms with Crippen LogP contribution in [0.4, 0.5) is 0 Å². The molecule has 118 valence electrons. The fourth-order valence-corrected chi connectivity index (χ4v) is 2.48. The summed E-state index contributed by atoms with van der Waals surface area (Å²) in [5.74, 6) is 0.794. The molecule has 0 N–H and O–H groups in total. The Labute approximate surface area is 129 Å². The van der Waals surface area contributed by atoms with Gasteiger partial charge >= 0.3 is 0 Å². The molecular formula is C19H30O2. The number of hydrogen-bond donors (Lipinski definition) is 0. The molecule has 0 radical (unpaired) electrons. The fourth-order valence-electron chi connectivity index (χ4n) is 2.48. The second-order valence-corrected chi connectivity index (χ2v) is 5.73. The van der Waals surface area contributed by atoms with Crippen molar-refractivity contribution in [3.8, 4) is 5.75 Å². The molecule has 0 aliphatic heterocycles. The molecule has 1 rings (SSSR count). The highest BCUT2D eigenvalue weighted by atomic mass is 16.5. The van der Waals surface area contributed by atoms with Crippen LogP contribution in [-0.4, -0.2) is 12.4 Å². The molecule has 0 fully saturated rings. The van der Waals surface area contributed by atoms with E-state index in [2.05, 4.69) is 6.92 Å². The van der Waals surface area contributed by atoms with Gasteiger partial charge < -0.3 is 4.74 Å². The van der Waals surface area contributed by atoms with Crippen LogP contribution in [0.1, 0.15) is 82.0 Å². The maximum absolute atomic E-state index is 11.5. The van der Waals surface area contributed by atoms with Gasteiger partial charge in [-0.15, -0.1) is 0 Å². The summed E-state index contributed by atoms with van der Waals surface area (Å²) in [4.78, 5) is 11.5. The van der Waals surface area contributed by atoms with E-state index in [1.54, 1.807) is 6.92 Å². The highest BCUT2D eigenvalue weighted by molar-refractivity contribution is 5.96. The Morgan fingerprint density at radius 2 is 1.48 bits per heavy atom. The van der Waals surface area contributed by atoms with Gasteiger partial charge in [0.25, 0.3) is 0 Å². The van der Waals surface area contributed by atoms with Gasteiger partial charge in [0.15, 0.2) is 5.78 Å². The Morgan fingerprint density at radius 3 is 2.10 bits per heavy atom. The molecule has 0 amide bonds. The van der Waals surface area contributed by atoms with Crippen LogP contribution in [0, 0.1) is 0 Å². The van der Waals surface area contributed by atoms with Gasteiger partial charge in [-0.2, -0.15) is 0 Å². The van der Waals surface area contributed by atoms with Crippen molar-refractivity contribution >= 4 is 5.78 Å². The zero-order valence-electron chi connectivity index (χ0n) is 13.7. The predicted octanol–water partition coefficient (Wildman–Crippen LogP) is 5.80. The SMILES string of the molecule is CCCCCCCCCCCOc1ccccc1C(C)=O. The third-order valence-electron chi connectivity index (χ3n) is 3.77. The minimum absolute atomic E-state index is 0.0673. The molecule has 0 atom stereocenters. The van der Waals surface area contributed by atoms with Crippen molar-refractivity contribution in [2.24, 2.45) is 0 Å². The summed E-state index contributed by atoms with van der Waals surface area (Å²) in [7, 11) is 0. The van der Waals surface area contributed by atoms with Crippen LogP contribution in [0.2, 0.25) is 0 Å².